The molecule has 18 heavy (non-hydrogen) atoms. The smallest absolute Gasteiger partial charge is 0.273 e. The molecule has 94 valence electrons. The summed E-state index contributed by atoms with van der Waals surface area (Å²) in [6.45, 7) is 3.78. The highest BCUT2D eigenvalue weighted by atomic mass is 16.3. The Bertz CT molecular complexity index is 544. The van der Waals surface area contributed by atoms with Gasteiger partial charge in [0.1, 0.15) is 6.26 Å². The zero-order valence-electron chi connectivity index (χ0n) is 10.3. The van der Waals surface area contributed by atoms with E-state index in [9.17, 15) is 4.79 Å². The van der Waals surface area contributed by atoms with Crippen molar-refractivity contribution in [2.24, 2.45) is 0 Å². The van der Waals surface area contributed by atoms with Gasteiger partial charge in [0.25, 0.3) is 5.91 Å². The minimum atomic E-state index is -0.240. The van der Waals surface area contributed by atoms with Gasteiger partial charge in [0, 0.05) is 17.3 Å². The first-order valence-corrected chi connectivity index (χ1v) is 5.68. The van der Waals surface area contributed by atoms with Crippen molar-refractivity contribution in [3.05, 3.63) is 36.2 Å². The van der Waals surface area contributed by atoms with Crippen LogP contribution in [0, 0.1) is 0 Å². The maximum absolute atomic E-state index is 11.7. The Hall–Kier alpha value is -2.30. The number of rotatable bonds is 3. The monoisotopic (exact) mass is 245 g/mol. The zero-order chi connectivity index (χ0) is 13.1. The Morgan fingerprint density at radius 1 is 1.33 bits per heavy atom. The number of hydrogen-bond acceptors (Lipinski definition) is 4. The summed E-state index contributed by atoms with van der Waals surface area (Å²) in [7, 11) is 0. The third-order valence-corrected chi connectivity index (χ3v) is 2.31. The zero-order valence-corrected chi connectivity index (χ0v) is 10.3. The lowest BCUT2D eigenvalue weighted by Crippen LogP contribution is -2.30. The summed E-state index contributed by atoms with van der Waals surface area (Å²) in [6.07, 6.45) is 1.35. The van der Waals surface area contributed by atoms with Crippen LogP contribution in [0.3, 0.4) is 0 Å². The van der Waals surface area contributed by atoms with Crippen LogP contribution in [0.5, 0.6) is 0 Å². The van der Waals surface area contributed by atoms with E-state index in [0.29, 0.717) is 11.6 Å². The van der Waals surface area contributed by atoms with Crippen LogP contribution in [-0.4, -0.2) is 16.9 Å². The average molecular weight is 245 g/mol. The van der Waals surface area contributed by atoms with E-state index in [0.717, 1.165) is 5.56 Å². The molecule has 0 radical (unpaired) electrons. The number of nitrogen functional groups attached to an aromatic ring is 1. The van der Waals surface area contributed by atoms with E-state index in [1.54, 1.807) is 24.3 Å². The Morgan fingerprint density at radius 3 is 2.61 bits per heavy atom. The maximum Gasteiger partial charge on any atom is 0.273 e. The lowest BCUT2D eigenvalue weighted by Gasteiger charge is -2.04. The minimum Gasteiger partial charge on any atom is -0.444 e. The second kappa shape index (κ2) is 4.91. The second-order valence-electron chi connectivity index (χ2n) is 4.29. The van der Waals surface area contributed by atoms with Gasteiger partial charge in [0.15, 0.2) is 5.69 Å². The average Bonchev–Trinajstić information content (AvgIpc) is 2.78. The number of benzene rings is 1. The number of nitrogens with one attached hydrogen (secondary N) is 1. The van der Waals surface area contributed by atoms with Crippen LogP contribution in [0.25, 0.3) is 11.5 Å². The number of nitrogens with zero attached hydrogens (tertiary/aromatic N) is 1. The fourth-order valence-corrected chi connectivity index (χ4v) is 1.47. The van der Waals surface area contributed by atoms with Gasteiger partial charge in [-0.05, 0) is 38.1 Å². The van der Waals surface area contributed by atoms with Crippen LogP contribution in [0.15, 0.2) is 34.9 Å². The molecule has 2 rings (SSSR count). The van der Waals surface area contributed by atoms with Crippen LogP contribution < -0.4 is 11.1 Å². The molecule has 0 aliphatic heterocycles. The van der Waals surface area contributed by atoms with Crippen molar-refractivity contribution in [2.45, 2.75) is 19.9 Å². The van der Waals surface area contributed by atoms with E-state index in [1.165, 1.54) is 6.26 Å². The predicted octanol–water partition coefficient (Wildman–Crippen LogP) is 2.06. The summed E-state index contributed by atoms with van der Waals surface area (Å²) in [5.74, 6) is 0.166. The Kier molecular flexibility index (Phi) is 3.32. The third-order valence-electron chi connectivity index (χ3n) is 2.31. The van der Waals surface area contributed by atoms with Gasteiger partial charge in [-0.25, -0.2) is 4.98 Å². The number of carbonyl (C=O) groups excluding carboxylic acids is 1. The largest absolute Gasteiger partial charge is 0.444 e. The van der Waals surface area contributed by atoms with Crippen LogP contribution in [0.1, 0.15) is 24.3 Å². The molecule has 0 bridgehead atoms. The van der Waals surface area contributed by atoms with Crippen LogP contribution in [0.4, 0.5) is 5.69 Å². The molecule has 0 unspecified atom stereocenters. The normalized spacial score (nSPS) is 10.6. The summed E-state index contributed by atoms with van der Waals surface area (Å²) in [4.78, 5) is 15.8. The summed E-state index contributed by atoms with van der Waals surface area (Å²) in [5, 5.41) is 2.75. The molecule has 0 saturated heterocycles. The Morgan fingerprint density at radius 2 is 2.00 bits per heavy atom. The van der Waals surface area contributed by atoms with Gasteiger partial charge in [0.05, 0.1) is 0 Å². The molecule has 0 fully saturated rings. The van der Waals surface area contributed by atoms with Crippen LogP contribution in [0.2, 0.25) is 0 Å². The first kappa shape index (κ1) is 12.2. The van der Waals surface area contributed by atoms with Crippen molar-refractivity contribution in [1.82, 2.24) is 10.3 Å². The van der Waals surface area contributed by atoms with Crippen molar-refractivity contribution >= 4 is 11.6 Å². The number of oxazole rings is 1. The number of hydrogen-bond donors (Lipinski definition) is 2. The lowest BCUT2D eigenvalue weighted by atomic mass is 10.2. The third kappa shape index (κ3) is 2.68. The molecule has 0 atom stereocenters. The molecular weight excluding hydrogens is 230 g/mol. The quantitative estimate of drug-likeness (QED) is 0.811. The van der Waals surface area contributed by atoms with Crippen molar-refractivity contribution in [1.29, 1.82) is 0 Å². The van der Waals surface area contributed by atoms with Gasteiger partial charge >= 0.3 is 0 Å². The second-order valence-corrected chi connectivity index (χ2v) is 4.29. The minimum absolute atomic E-state index is 0.0640. The van der Waals surface area contributed by atoms with Gasteiger partial charge in [-0.2, -0.15) is 0 Å². The highest BCUT2D eigenvalue weighted by Crippen LogP contribution is 2.19. The first-order chi connectivity index (χ1) is 8.56. The van der Waals surface area contributed by atoms with Crippen molar-refractivity contribution in [3.8, 4) is 11.5 Å². The van der Waals surface area contributed by atoms with E-state index in [-0.39, 0.29) is 17.6 Å². The highest BCUT2D eigenvalue weighted by molar-refractivity contribution is 5.92. The number of anilines is 1. The molecule has 5 nitrogen and oxygen atoms in total. The van der Waals surface area contributed by atoms with Crippen LogP contribution >= 0.6 is 0 Å². The van der Waals surface area contributed by atoms with Gasteiger partial charge in [-0.3, -0.25) is 4.79 Å². The van der Waals surface area contributed by atoms with E-state index in [2.05, 4.69) is 10.3 Å². The van der Waals surface area contributed by atoms with E-state index in [1.807, 2.05) is 13.8 Å². The lowest BCUT2D eigenvalue weighted by molar-refractivity contribution is 0.0938. The van der Waals surface area contributed by atoms with E-state index >= 15 is 0 Å². The molecule has 1 aromatic carbocycles. The summed E-state index contributed by atoms with van der Waals surface area (Å²) < 4.78 is 5.28. The molecular formula is C13H15N3O2. The Labute approximate surface area is 105 Å². The SMILES string of the molecule is CC(C)NC(=O)c1coc(-c2ccc(N)cc2)n1. The number of carbonyl (C=O) groups is 1. The topological polar surface area (TPSA) is 81.2 Å². The summed E-state index contributed by atoms with van der Waals surface area (Å²) in [6, 6.07) is 7.17. The van der Waals surface area contributed by atoms with E-state index in [4.69, 9.17) is 10.2 Å². The summed E-state index contributed by atoms with van der Waals surface area (Å²) >= 11 is 0. The van der Waals surface area contributed by atoms with Gasteiger partial charge in [-0.1, -0.05) is 0 Å². The molecule has 1 aromatic heterocycles. The molecule has 0 aliphatic rings. The molecule has 2 aromatic rings. The molecule has 0 spiro atoms. The Balaban J connectivity index is 2.20. The fraction of sp³-hybridized carbons (Fsp3) is 0.231. The molecule has 3 N–H and O–H groups in total. The van der Waals surface area contributed by atoms with Crippen molar-refractivity contribution in [3.63, 3.8) is 0 Å². The number of amides is 1. The van der Waals surface area contributed by atoms with Crippen molar-refractivity contribution in [2.75, 3.05) is 5.73 Å². The van der Waals surface area contributed by atoms with Crippen molar-refractivity contribution < 1.29 is 9.21 Å². The standard InChI is InChI=1S/C13H15N3O2/c1-8(2)15-12(17)11-7-18-13(16-11)9-3-5-10(14)6-4-9/h3-8H,14H2,1-2H3,(H,15,17). The first-order valence-electron chi connectivity index (χ1n) is 5.68. The molecule has 5 heteroatoms. The predicted molar refractivity (Wildman–Crippen MR) is 69.0 cm³/mol. The maximum atomic E-state index is 11.7. The highest BCUT2D eigenvalue weighted by Gasteiger charge is 2.13. The number of aromatic nitrogens is 1. The molecule has 1 heterocycles. The summed E-state index contributed by atoms with van der Waals surface area (Å²) in [5.41, 5.74) is 7.33. The number of nitrogens with two attached hydrogens (primary N) is 1. The molecule has 1 amide bonds. The molecule has 0 saturated carbocycles. The molecule has 0 aliphatic carbocycles. The fourth-order valence-electron chi connectivity index (χ4n) is 1.47. The van der Waals surface area contributed by atoms with Gasteiger partial charge < -0.3 is 15.5 Å². The van der Waals surface area contributed by atoms with Crippen LogP contribution in [-0.2, 0) is 0 Å². The van der Waals surface area contributed by atoms with Gasteiger partial charge in [0.2, 0.25) is 5.89 Å². The van der Waals surface area contributed by atoms with E-state index < -0.39 is 0 Å². The van der Waals surface area contributed by atoms with Gasteiger partial charge in [-0.15, -0.1) is 0 Å².